The molecule has 5 nitrogen and oxygen atoms in total. The highest BCUT2D eigenvalue weighted by molar-refractivity contribution is 6.29. The normalized spacial score (nSPS) is 11.4. The van der Waals surface area contributed by atoms with Gasteiger partial charge in [-0.15, -0.1) is 0 Å². The van der Waals surface area contributed by atoms with Gasteiger partial charge in [0.1, 0.15) is 11.0 Å². The van der Waals surface area contributed by atoms with Crippen LogP contribution in [0.4, 0.5) is 11.5 Å². The number of nitrogens with one attached hydrogen (secondary N) is 1. The highest BCUT2D eigenvalue weighted by Gasteiger charge is 2.18. The van der Waals surface area contributed by atoms with Crippen LogP contribution in [-0.2, 0) is 0 Å². The average molecular weight is 286 g/mol. The number of hydrogen-bond acceptors (Lipinski definition) is 4. The summed E-state index contributed by atoms with van der Waals surface area (Å²) < 4.78 is 0. The standard InChI is InChI=1S/C13H20ClN3O2/c1-8(2)11(9(3)4)7-15-13-6-10(17(18)19)5-12(14)16-13/h5-6,8-9,11H,7H2,1-4H3,(H,15,16). The fourth-order valence-electron chi connectivity index (χ4n) is 2.14. The van der Waals surface area contributed by atoms with Gasteiger partial charge in [-0.3, -0.25) is 10.1 Å². The van der Waals surface area contributed by atoms with Crippen molar-refractivity contribution >= 4 is 23.1 Å². The van der Waals surface area contributed by atoms with E-state index >= 15 is 0 Å². The second-order valence-electron chi connectivity index (χ2n) is 5.32. The van der Waals surface area contributed by atoms with Crippen molar-refractivity contribution in [2.24, 2.45) is 17.8 Å². The quantitative estimate of drug-likeness (QED) is 0.487. The van der Waals surface area contributed by atoms with Crippen LogP contribution < -0.4 is 5.32 Å². The van der Waals surface area contributed by atoms with Gasteiger partial charge >= 0.3 is 0 Å². The highest BCUT2D eigenvalue weighted by Crippen LogP contribution is 2.23. The first-order valence-corrected chi connectivity index (χ1v) is 6.75. The molecule has 0 fully saturated rings. The lowest BCUT2D eigenvalue weighted by molar-refractivity contribution is -0.384. The number of nitro groups is 1. The summed E-state index contributed by atoms with van der Waals surface area (Å²) >= 11 is 5.78. The van der Waals surface area contributed by atoms with Gasteiger partial charge in [-0.1, -0.05) is 39.3 Å². The summed E-state index contributed by atoms with van der Waals surface area (Å²) in [5.41, 5.74) is -0.0480. The average Bonchev–Trinajstić information content (AvgIpc) is 2.27. The zero-order chi connectivity index (χ0) is 14.6. The van der Waals surface area contributed by atoms with E-state index in [9.17, 15) is 10.1 Å². The number of halogens is 1. The molecule has 6 heteroatoms. The van der Waals surface area contributed by atoms with Crippen LogP contribution in [0.3, 0.4) is 0 Å². The van der Waals surface area contributed by atoms with E-state index in [1.807, 2.05) is 0 Å². The van der Waals surface area contributed by atoms with Gasteiger partial charge in [-0.25, -0.2) is 4.98 Å². The zero-order valence-electron chi connectivity index (χ0n) is 11.7. The van der Waals surface area contributed by atoms with Crippen molar-refractivity contribution in [3.8, 4) is 0 Å². The van der Waals surface area contributed by atoms with Gasteiger partial charge in [-0.05, 0) is 17.8 Å². The predicted octanol–water partition coefficient (Wildman–Crippen LogP) is 3.98. The number of anilines is 1. The molecule has 0 aromatic carbocycles. The molecule has 0 radical (unpaired) electrons. The summed E-state index contributed by atoms with van der Waals surface area (Å²) in [6, 6.07) is 2.65. The van der Waals surface area contributed by atoms with Crippen molar-refractivity contribution in [2.45, 2.75) is 27.7 Å². The van der Waals surface area contributed by atoms with Gasteiger partial charge in [0, 0.05) is 6.54 Å². The Balaban J connectivity index is 2.79. The number of nitrogens with zero attached hydrogens (tertiary/aromatic N) is 2. The number of hydrogen-bond donors (Lipinski definition) is 1. The summed E-state index contributed by atoms with van der Waals surface area (Å²) in [5.74, 6) is 1.98. The highest BCUT2D eigenvalue weighted by atomic mass is 35.5. The topological polar surface area (TPSA) is 68.1 Å². The first-order valence-electron chi connectivity index (χ1n) is 6.37. The Morgan fingerprint density at radius 1 is 1.32 bits per heavy atom. The molecule has 1 N–H and O–H groups in total. The molecule has 0 aliphatic rings. The van der Waals surface area contributed by atoms with E-state index in [0.29, 0.717) is 23.6 Å². The summed E-state index contributed by atoms with van der Waals surface area (Å²) in [4.78, 5) is 14.3. The van der Waals surface area contributed by atoms with Crippen molar-refractivity contribution in [3.63, 3.8) is 0 Å². The van der Waals surface area contributed by atoms with E-state index in [1.165, 1.54) is 12.1 Å². The van der Waals surface area contributed by atoms with Crippen molar-refractivity contribution in [1.29, 1.82) is 0 Å². The molecular weight excluding hydrogens is 266 g/mol. The van der Waals surface area contributed by atoms with Crippen LogP contribution in [0.1, 0.15) is 27.7 Å². The molecule has 0 unspecified atom stereocenters. The van der Waals surface area contributed by atoms with Gasteiger partial charge in [0.15, 0.2) is 0 Å². The molecular formula is C13H20ClN3O2. The van der Waals surface area contributed by atoms with E-state index in [1.54, 1.807) is 0 Å². The third-order valence-corrected chi connectivity index (χ3v) is 3.41. The lowest BCUT2D eigenvalue weighted by atomic mass is 9.85. The fourth-order valence-corrected chi connectivity index (χ4v) is 2.35. The van der Waals surface area contributed by atoms with Gasteiger partial charge in [0.2, 0.25) is 0 Å². The third kappa shape index (κ3) is 4.67. The number of pyridine rings is 1. The minimum Gasteiger partial charge on any atom is -0.370 e. The van der Waals surface area contributed by atoms with E-state index < -0.39 is 4.92 Å². The first-order chi connectivity index (χ1) is 8.81. The maximum absolute atomic E-state index is 10.8. The molecule has 0 saturated heterocycles. The minimum atomic E-state index is -0.471. The lowest BCUT2D eigenvalue weighted by Gasteiger charge is -2.25. The molecule has 0 bridgehead atoms. The molecule has 1 aromatic rings. The van der Waals surface area contributed by atoms with E-state index in [0.717, 1.165) is 6.54 Å². The Morgan fingerprint density at radius 3 is 2.37 bits per heavy atom. The lowest BCUT2D eigenvalue weighted by Crippen LogP contribution is -2.24. The molecule has 0 spiro atoms. The molecule has 0 atom stereocenters. The largest absolute Gasteiger partial charge is 0.370 e. The van der Waals surface area contributed by atoms with Crippen LogP contribution in [0.5, 0.6) is 0 Å². The summed E-state index contributed by atoms with van der Waals surface area (Å²) in [6.45, 7) is 9.39. The van der Waals surface area contributed by atoms with Crippen LogP contribution in [0.25, 0.3) is 0 Å². The molecule has 0 aliphatic carbocycles. The Hall–Kier alpha value is -1.36. The van der Waals surface area contributed by atoms with Crippen LogP contribution in [0.15, 0.2) is 12.1 Å². The molecule has 1 heterocycles. The van der Waals surface area contributed by atoms with Crippen LogP contribution in [-0.4, -0.2) is 16.5 Å². The number of aromatic nitrogens is 1. The van der Waals surface area contributed by atoms with Crippen molar-refractivity contribution in [1.82, 2.24) is 4.98 Å². The molecule has 19 heavy (non-hydrogen) atoms. The maximum atomic E-state index is 10.8. The molecule has 0 saturated carbocycles. The monoisotopic (exact) mass is 285 g/mol. The number of rotatable bonds is 6. The first kappa shape index (κ1) is 15.7. The minimum absolute atomic E-state index is 0.0480. The summed E-state index contributed by atoms with van der Waals surface area (Å²) in [7, 11) is 0. The second-order valence-corrected chi connectivity index (χ2v) is 5.71. The summed E-state index contributed by atoms with van der Waals surface area (Å²) in [6.07, 6.45) is 0. The van der Waals surface area contributed by atoms with Crippen molar-refractivity contribution < 1.29 is 4.92 Å². The van der Waals surface area contributed by atoms with E-state index in [4.69, 9.17) is 11.6 Å². The Kier molecular flexibility index (Phi) is 5.54. The molecule has 0 amide bonds. The fraction of sp³-hybridized carbons (Fsp3) is 0.615. The van der Waals surface area contributed by atoms with Gasteiger partial charge < -0.3 is 5.32 Å². The van der Waals surface area contributed by atoms with Gasteiger partial charge in [0.05, 0.1) is 17.1 Å². The maximum Gasteiger partial charge on any atom is 0.276 e. The van der Waals surface area contributed by atoms with E-state index in [-0.39, 0.29) is 10.8 Å². The van der Waals surface area contributed by atoms with Crippen LogP contribution in [0.2, 0.25) is 5.15 Å². The third-order valence-electron chi connectivity index (χ3n) is 3.22. The summed E-state index contributed by atoms with van der Waals surface area (Å²) in [5, 5.41) is 14.0. The molecule has 1 rings (SSSR count). The Labute approximate surface area is 118 Å². The van der Waals surface area contributed by atoms with Crippen molar-refractivity contribution in [3.05, 3.63) is 27.4 Å². The SMILES string of the molecule is CC(C)C(CNc1cc([N+](=O)[O-])cc(Cl)n1)C(C)C. The van der Waals surface area contributed by atoms with E-state index in [2.05, 4.69) is 38.0 Å². The molecule has 0 aliphatic heterocycles. The Bertz CT molecular complexity index is 442. The van der Waals surface area contributed by atoms with Crippen LogP contribution >= 0.6 is 11.6 Å². The predicted molar refractivity (Wildman–Crippen MR) is 77.6 cm³/mol. The smallest absolute Gasteiger partial charge is 0.276 e. The molecule has 106 valence electrons. The van der Waals surface area contributed by atoms with Crippen LogP contribution in [0, 0.1) is 27.9 Å². The Morgan fingerprint density at radius 2 is 1.89 bits per heavy atom. The second kappa shape index (κ2) is 6.70. The van der Waals surface area contributed by atoms with Crippen molar-refractivity contribution in [2.75, 3.05) is 11.9 Å². The zero-order valence-corrected chi connectivity index (χ0v) is 12.4. The van der Waals surface area contributed by atoms with Gasteiger partial charge in [-0.2, -0.15) is 0 Å². The van der Waals surface area contributed by atoms with Gasteiger partial charge in [0.25, 0.3) is 5.69 Å². The molecule has 1 aromatic heterocycles.